The maximum absolute atomic E-state index is 13.1. The van der Waals surface area contributed by atoms with Crippen LogP contribution in [0.2, 0.25) is 0 Å². The fraction of sp³-hybridized carbons (Fsp3) is 0.320. The molecule has 2 unspecified atom stereocenters. The van der Waals surface area contributed by atoms with Crippen molar-refractivity contribution in [1.82, 2.24) is 4.98 Å². The third-order valence-corrected chi connectivity index (χ3v) is 6.83. The molecule has 1 aliphatic rings. The van der Waals surface area contributed by atoms with E-state index in [-0.39, 0.29) is 23.5 Å². The number of Topliss-reactive ketones (excluding diaryl/α,β-unsaturated/α-hetero) is 1. The zero-order chi connectivity index (χ0) is 21.8. The van der Waals surface area contributed by atoms with Crippen LogP contribution in [0.1, 0.15) is 48.5 Å². The van der Waals surface area contributed by atoms with E-state index >= 15 is 0 Å². The van der Waals surface area contributed by atoms with Gasteiger partial charge in [-0.05, 0) is 49.3 Å². The minimum atomic E-state index is -0.115. The number of rotatable bonds is 5. The van der Waals surface area contributed by atoms with E-state index in [1.807, 2.05) is 53.9 Å². The summed E-state index contributed by atoms with van der Waals surface area (Å²) in [6.07, 6.45) is 3.75. The summed E-state index contributed by atoms with van der Waals surface area (Å²) in [5.74, 6) is 0.295. The summed E-state index contributed by atoms with van der Waals surface area (Å²) in [7, 11) is 0. The molecule has 3 aromatic rings. The van der Waals surface area contributed by atoms with Gasteiger partial charge in [0.2, 0.25) is 5.91 Å². The Balaban J connectivity index is 1.44. The van der Waals surface area contributed by atoms with Crippen LogP contribution in [0.5, 0.6) is 0 Å². The lowest BCUT2D eigenvalue weighted by Crippen LogP contribution is -2.30. The Morgan fingerprint density at radius 1 is 1.16 bits per heavy atom. The first kappa shape index (κ1) is 21.2. The third kappa shape index (κ3) is 4.85. The molecular weight excluding hydrogens is 406 g/mol. The number of hydrogen-bond donors (Lipinski definition) is 2. The lowest BCUT2D eigenvalue weighted by atomic mass is 9.78. The maximum Gasteiger partial charge on any atom is 0.227 e. The predicted octanol–water partition coefficient (Wildman–Crippen LogP) is 5.58. The number of anilines is 2. The van der Waals surface area contributed by atoms with Crippen molar-refractivity contribution in [1.29, 1.82) is 0 Å². The summed E-state index contributed by atoms with van der Waals surface area (Å²) >= 11 is 1.41. The van der Waals surface area contributed by atoms with Gasteiger partial charge in [0.15, 0.2) is 10.9 Å². The number of nitrogen functional groups attached to an aromatic ring is 1. The summed E-state index contributed by atoms with van der Waals surface area (Å²) in [5.41, 5.74) is 10.2. The smallest absolute Gasteiger partial charge is 0.227 e. The monoisotopic (exact) mass is 433 g/mol. The molecule has 160 valence electrons. The second-order valence-electron chi connectivity index (χ2n) is 8.07. The van der Waals surface area contributed by atoms with Gasteiger partial charge in [-0.25, -0.2) is 4.98 Å². The van der Waals surface area contributed by atoms with E-state index in [2.05, 4.69) is 17.2 Å². The molecule has 1 amide bonds. The number of fused-ring (bicyclic) bond motifs is 1. The lowest BCUT2D eigenvalue weighted by molar-refractivity contribution is -0.121. The molecule has 0 spiro atoms. The van der Waals surface area contributed by atoms with E-state index in [9.17, 15) is 9.59 Å². The second-order valence-corrected chi connectivity index (χ2v) is 8.96. The summed E-state index contributed by atoms with van der Waals surface area (Å²) < 4.78 is 0. The van der Waals surface area contributed by atoms with Gasteiger partial charge in [0, 0.05) is 34.5 Å². The van der Waals surface area contributed by atoms with Crippen LogP contribution in [-0.2, 0) is 11.2 Å². The number of amides is 1. The highest BCUT2D eigenvalue weighted by atomic mass is 32.1. The lowest BCUT2D eigenvalue weighted by Gasteiger charge is -2.27. The highest BCUT2D eigenvalue weighted by Crippen LogP contribution is 2.32. The van der Waals surface area contributed by atoms with Crippen LogP contribution >= 0.6 is 11.3 Å². The molecule has 1 aliphatic carbocycles. The van der Waals surface area contributed by atoms with Crippen LogP contribution in [0.25, 0.3) is 11.3 Å². The maximum atomic E-state index is 13.1. The van der Waals surface area contributed by atoms with Gasteiger partial charge in [0.05, 0.1) is 5.69 Å². The number of ketones is 1. The molecule has 3 N–H and O–H groups in total. The molecular formula is C25H27N3O2S. The Labute approximate surface area is 186 Å². The number of nitrogens with zero attached hydrogens (tertiary/aromatic N) is 1. The normalized spacial score (nSPS) is 17.3. The number of benzene rings is 2. The van der Waals surface area contributed by atoms with Gasteiger partial charge >= 0.3 is 0 Å². The number of carbonyl (C=O) groups is 2. The minimum Gasteiger partial charge on any atom is -0.375 e. The predicted molar refractivity (Wildman–Crippen MR) is 126 cm³/mol. The van der Waals surface area contributed by atoms with Crippen LogP contribution < -0.4 is 11.1 Å². The molecule has 0 bridgehead atoms. The fourth-order valence-corrected chi connectivity index (χ4v) is 5.03. The van der Waals surface area contributed by atoms with Crippen LogP contribution in [0.4, 0.5) is 10.8 Å². The quantitative estimate of drug-likeness (QED) is 0.550. The Hall–Kier alpha value is -2.99. The zero-order valence-corrected chi connectivity index (χ0v) is 18.5. The number of thiazole rings is 1. The molecule has 6 heteroatoms. The van der Waals surface area contributed by atoms with Gasteiger partial charge in [-0.3, -0.25) is 9.59 Å². The van der Waals surface area contributed by atoms with Crippen molar-refractivity contribution >= 4 is 33.8 Å². The van der Waals surface area contributed by atoms with Crippen LogP contribution in [0, 0.1) is 11.8 Å². The number of nitrogens with two attached hydrogens (primary N) is 1. The average molecular weight is 434 g/mol. The first-order valence-corrected chi connectivity index (χ1v) is 11.7. The average Bonchev–Trinajstić information content (AvgIpc) is 3.21. The second kappa shape index (κ2) is 9.43. The Morgan fingerprint density at radius 2 is 1.90 bits per heavy atom. The molecule has 0 saturated heterocycles. The van der Waals surface area contributed by atoms with E-state index in [1.165, 1.54) is 11.3 Å². The van der Waals surface area contributed by atoms with Crippen molar-refractivity contribution in [3.63, 3.8) is 0 Å². The number of carbonyl (C=O) groups excluding carboxylic acids is 2. The molecule has 0 radical (unpaired) electrons. The topological polar surface area (TPSA) is 85.1 Å². The molecule has 4 rings (SSSR count). The molecule has 5 nitrogen and oxygen atoms in total. The Kier molecular flexibility index (Phi) is 6.47. The molecule has 0 saturated carbocycles. The van der Waals surface area contributed by atoms with Crippen molar-refractivity contribution in [2.45, 2.75) is 39.0 Å². The standard InChI is InChI=1S/C25H27N3O2S/c1-2-20(17-8-7-16-5-3-4-6-21(16)23(29)14-11-17)24(30)27-19-12-9-18(10-13-19)22-15-31-25(26)28-22/h3-6,9-10,12-13,15,17,20H,2,7-8,11,14H2,1H3,(H2,26,28)(H,27,30). The van der Waals surface area contributed by atoms with Crippen molar-refractivity contribution in [3.8, 4) is 11.3 Å². The van der Waals surface area contributed by atoms with Gasteiger partial charge in [-0.15, -0.1) is 11.3 Å². The van der Waals surface area contributed by atoms with E-state index in [4.69, 9.17) is 5.73 Å². The first-order valence-electron chi connectivity index (χ1n) is 10.8. The number of aryl methyl sites for hydroxylation is 1. The fourth-order valence-electron chi connectivity index (χ4n) is 4.46. The van der Waals surface area contributed by atoms with Crippen LogP contribution in [0.3, 0.4) is 0 Å². The summed E-state index contributed by atoms with van der Waals surface area (Å²) in [6, 6.07) is 15.5. The van der Waals surface area contributed by atoms with Gasteiger partial charge < -0.3 is 11.1 Å². The van der Waals surface area contributed by atoms with E-state index in [0.29, 0.717) is 11.6 Å². The minimum absolute atomic E-state index is 0.0273. The highest BCUT2D eigenvalue weighted by Gasteiger charge is 2.29. The molecule has 0 aliphatic heterocycles. The van der Waals surface area contributed by atoms with Crippen LogP contribution in [-0.4, -0.2) is 16.7 Å². The molecule has 31 heavy (non-hydrogen) atoms. The van der Waals surface area contributed by atoms with Crippen LogP contribution in [0.15, 0.2) is 53.9 Å². The largest absolute Gasteiger partial charge is 0.375 e. The molecule has 2 aromatic carbocycles. The summed E-state index contributed by atoms with van der Waals surface area (Å²) in [6.45, 7) is 2.05. The number of nitrogens with one attached hydrogen (secondary N) is 1. The van der Waals surface area contributed by atoms with Gasteiger partial charge in [0.25, 0.3) is 0 Å². The highest BCUT2D eigenvalue weighted by molar-refractivity contribution is 7.13. The zero-order valence-electron chi connectivity index (χ0n) is 17.6. The molecule has 1 heterocycles. The van der Waals surface area contributed by atoms with Crippen molar-refractivity contribution in [2.75, 3.05) is 11.1 Å². The SMILES string of the molecule is CCC(C(=O)Nc1ccc(-c2csc(N)n2)cc1)C1CCC(=O)c2ccccc2CC1. The van der Waals surface area contributed by atoms with E-state index in [0.717, 1.165) is 53.8 Å². The summed E-state index contributed by atoms with van der Waals surface area (Å²) in [5, 5.41) is 5.54. The van der Waals surface area contributed by atoms with Crippen molar-refractivity contribution in [2.24, 2.45) is 11.8 Å². The number of hydrogen-bond acceptors (Lipinski definition) is 5. The Bertz CT molecular complexity index is 1070. The van der Waals surface area contributed by atoms with E-state index < -0.39 is 0 Å². The van der Waals surface area contributed by atoms with Gasteiger partial charge in [-0.1, -0.05) is 43.3 Å². The third-order valence-electron chi connectivity index (χ3n) is 6.16. The van der Waals surface area contributed by atoms with E-state index in [1.54, 1.807) is 0 Å². The summed E-state index contributed by atoms with van der Waals surface area (Å²) in [4.78, 5) is 30.0. The van der Waals surface area contributed by atoms with Crippen molar-refractivity contribution < 1.29 is 9.59 Å². The molecule has 0 fully saturated rings. The van der Waals surface area contributed by atoms with Gasteiger partial charge in [-0.2, -0.15) is 0 Å². The number of aromatic nitrogens is 1. The van der Waals surface area contributed by atoms with Gasteiger partial charge in [0.1, 0.15) is 0 Å². The first-order chi connectivity index (χ1) is 15.0. The molecule has 1 aromatic heterocycles. The Morgan fingerprint density at radius 3 is 2.61 bits per heavy atom. The van der Waals surface area contributed by atoms with Crippen molar-refractivity contribution in [3.05, 3.63) is 65.0 Å². The molecule has 2 atom stereocenters.